The highest BCUT2D eigenvalue weighted by Crippen LogP contribution is 2.34. The summed E-state index contributed by atoms with van der Waals surface area (Å²) in [5.41, 5.74) is -0.347. The van der Waals surface area contributed by atoms with Crippen LogP contribution in [-0.4, -0.2) is 56.5 Å². The van der Waals surface area contributed by atoms with Crippen LogP contribution in [-0.2, 0) is 16.1 Å². The molecule has 204 valence electrons. The zero-order chi connectivity index (χ0) is 27.7. The number of aryl methyl sites for hydroxylation is 1. The summed E-state index contributed by atoms with van der Waals surface area (Å²) < 4.78 is 28.2. The molecular weight excluding hydrogens is 529 g/mol. The Morgan fingerprint density at radius 3 is 2.72 bits per heavy atom. The predicted molar refractivity (Wildman–Crippen MR) is 142 cm³/mol. The molecule has 1 aliphatic heterocycles. The van der Waals surface area contributed by atoms with E-state index in [0.717, 1.165) is 15.9 Å². The van der Waals surface area contributed by atoms with Gasteiger partial charge in [-0.1, -0.05) is 11.3 Å². The van der Waals surface area contributed by atoms with Gasteiger partial charge in [-0.3, -0.25) is 14.2 Å². The topological polar surface area (TPSA) is 146 Å². The number of amides is 1. The highest BCUT2D eigenvalue weighted by atomic mass is 32.1. The molecule has 4 heterocycles. The van der Waals surface area contributed by atoms with Crippen molar-refractivity contribution in [3.8, 4) is 10.8 Å². The molecule has 4 aromatic rings. The van der Waals surface area contributed by atoms with Crippen LogP contribution in [0.4, 0.5) is 4.39 Å². The van der Waals surface area contributed by atoms with Crippen LogP contribution >= 0.6 is 11.3 Å². The van der Waals surface area contributed by atoms with Crippen molar-refractivity contribution >= 4 is 33.7 Å². The number of nitrogens with one attached hydrogen (secondary N) is 2. The molecule has 1 aliphatic rings. The molecule has 0 bridgehead atoms. The zero-order valence-corrected chi connectivity index (χ0v) is 22.0. The Balaban J connectivity index is 1.75. The van der Waals surface area contributed by atoms with Crippen LogP contribution in [0.5, 0.6) is 5.75 Å². The zero-order valence-electron chi connectivity index (χ0n) is 21.2. The number of aromatic nitrogens is 5. The average molecular weight is 556 g/mol. The molecule has 1 aromatic carbocycles. The molecule has 39 heavy (non-hydrogen) atoms. The number of benzene rings is 1. The van der Waals surface area contributed by atoms with E-state index in [0.29, 0.717) is 39.7 Å². The minimum Gasteiger partial charge on any atom is -0.496 e. The number of halogens is 1. The SMILES string of the molecule is COc1ccc(F)cc1[C@H](Cn1c(=O)n([C@H]2CCNC2=O)c(=O)c2c(C)c(-n3nccn3)sc21)OCCC=N. The van der Waals surface area contributed by atoms with Crippen LogP contribution in [0.3, 0.4) is 0 Å². The van der Waals surface area contributed by atoms with Gasteiger partial charge in [-0.25, -0.2) is 13.8 Å². The molecule has 0 aliphatic carbocycles. The Labute approximate surface area is 225 Å². The highest BCUT2D eigenvalue weighted by Gasteiger charge is 2.32. The number of carbonyl (C=O) groups excluding carboxylic acids is 1. The number of nitrogens with zero attached hydrogens (tertiary/aromatic N) is 5. The van der Waals surface area contributed by atoms with E-state index in [1.54, 1.807) is 6.92 Å². The van der Waals surface area contributed by atoms with E-state index in [4.69, 9.17) is 14.9 Å². The van der Waals surface area contributed by atoms with Gasteiger partial charge in [0.1, 0.15) is 33.5 Å². The first-order chi connectivity index (χ1) is 18.8. The smallest absolute Gasteiger partial charge is 0.332 e. The summed E-state index contributed by atoms with van der Waals surface area (Å²) in [6.45, 7) is 2.09. The number of methoxy groups -OCH3 is 1. The van der Waals surface area contributed by atoms with Crippen molar-refractivity contribution in [1.29, 1.82) is 5.41 Å². The largest absolute Gasteiger partial charge is 0.496 e. The molecule has 0 spiro atoms. The van der Waals surface area contributed by atoms with Crippen LogP contribution in [0.2, 0.25) is 0 Å². The standard InChI is InChI=1S/C25H26FN7O5S/c1-14-20-22(35)32(17-6-8-28-21(17)34)25(36)31(24(20)39-23(14)33-29-9-10-30-33)13-19(38-11-3-7-27)16-12-15(26)4-5-18(16)37-2/h4-5,7,9-10,12,17,19,27H,3,6,8,11,13H2,1-2H3,(H,28,34)/t17-,19-/m0/s1. The minimum atomic E-state index is -0.966. The van der Waals surface area contributed by atoms with Crippen molar-refractivity contribution < 1.29 is 18.7 Å². The van der Waals surface area contributed by atoms with Crippen molar-refractivity contribution in [2.75, 3.05) is 20.3 Å². The maximum Gasteiger partial charge on any atom is 0.332 e. The van der Waals surface area contributed by atoms with Gasteiger partial charge in [-0.05, 0) is 37.8 Å². The number of fused-ring (bicyclic) bond motifs is 1. The van der Waals surface area contributed by atoms with Gasteiger partial charge in [-0.15, -0.1) is 4.80 Å². The van der Waals surface area contributed by atoms with Gasteiger partial charge in [0.05, 0.1) is 38.0 Å². The molecular formula is C25H26FN7O5S. The number of hydrogen-bond donors (Lipinski definition) is 2. The molecule has 12 nitrogen and oxygen atoms in total. The second-order valence-electron chi connectivity index (χ2n) is 8.93. The Kier molecular flexibility index (Phi) is 7.39. The number of carbonyl (C=O) groups is 1. The summed E-state index contributed by atoms with van der Waals surface area (Å²) in [7, 11) is 1.45. The van der Waals surface area contributed by atoms with Crippen molar-refractivity contribution in [3.63, 3.8) is 0 Å². The molecule has 0 radical (unpaired) electrons. The van der Waals surface area contributed by atoms with E-state index in [-0.39, 0.29) is 25.0 Å². The van der Waals surface area contributed by atoms with Gasteiger partial charge in [0.25, 0.3) is 5.56 Å². The van der Waals surface area contributed by atoms with Crippen molar-refractivity contribution in [1.82, 2.24) is 29.4 Å². The average Bonchev–Trinajstić information content (AvgIpc) is 3.67. The van der Waals surface area contributed by atoms with Crippen molar-refractivity contribution in [2.45, 2.75) is 38.5 Å². The molecule has 3 aromatic heterocycles. The van der Waals surface area contributed by atoms with E-state index in [2.05, 4.69) is 15.5 Å². The summed E-state index contributed by atoms with van der Waals surface area (Å²) in [5.74, 6) is -0.573. The second-order valence-corrected chi connectivity index (χ2v) is 9.91. The lowest BCUT2D eigenvalue weighted by molar-refractivity contribution is -0.122. The van der Waals surface area contributed by atoms with Crippen LogP contribution in [0.1, 0.15) is 36.1 Å². The lowest BCUT2D eigenvalue weighted by atomic mass is 10.1. The minimum absolute atomic E-state index is 0.117. The third-order valence-corrected chi connectivity index (χ3v) is 7.90. The quantitative estimate of drug-likeness (QED) is 0.225. The van der Waals surface area contributed by atoms with Crippen LogP contribution in [0.25, 0.3) is 15.2 Å². The lowest BCUT2D eigenvalue weighted by Crippen LogP contribution is -2.44. The molecule has 1 fully saturated rings. The van der Waals surface area contributed by atoms with Crippen LogP contribution < -0.4 is 21.3 Å². The number of hydrogen-bond acceptors (Lipinski definition) is 9. The Morgan fingerprint density at radius 2 is 2.05 bits per heavy atom. The molecule has 0 unspecified atom stereocenters. The maximum atomic E-state index is 14.4. The first-order valence-electron chi connectivity index (χ1n) is 12.2. The summed E-state index contributed by atoms with van der Waals surface area (Å²) in [6, 6.07) is 3.03. The van der Waals surface area contributed by atoms with E-state index >= 15 is 0 Å². The molecule has 14 heteroatoms. The van der Waals surface area contributed by atoms with Gasteiger partial charge >= 0.3 is 5.69 Å². The second kappa shape index (κ2) is 10.9. The van der Waals surface area contributed by atoms with Crippen LogP contribution in [0, 0.1) is 18.2 Å². The Morgan fingerprint density at radius 1 is 1.28 bits per heavy atom. The van der Waals surface area contributed by atoms with E-state index < -0.39 is 35.1 Å². The summed E-state index contributed by atoms with van der Waals surface area (Å²) in [4.78, 5) is 42.0. The van der Waals surface area contributed by atoms with Gasteiger partial charge < -0.3 is 20.2 Å². The summed E-state index contributed by atoms with van der Waals surface area (Å²) in [6.07, 6.45) is 3.90. The van der Waals surface area contributed by atoms with E-state index in [1.807, 2.05) is 0 Å². The van der Waals surface area contributed by atoms with E-state index in [9.17, 15) is 18.8 Å². The number of thiophene rings is 1. The lowest BCUT2D eigenvalue weighted by Gasteiger charge is -2.23. The molecule has 0 saturated carbocycles. The first kappa shape index (κ1) is 26.4. The monoisotopic (exact) mass is 555 g/mol. The van der Waals surface area contributed by atoms with Crippen molar-refractivity contribution in [2.24, 2.45) is 0 Å². The van der Waals surface area contributed by atoms with E-state index in [1.165, 1.54) is 53.3 Å². The fraction of sp³-hybridized carbons (Fsp3) is 0.360. The third kappa shape index (κ3) is 4.76. The Bertz CT molecular complexity index is 1660. The fourth-order valence-electron chi connectivity index (χ4n) is 4.76. The number of rotatable bonds is 10. The van der Waals surface area contributed by atoms with Gasteiger partial charge in [-0.2, -0.15) is 10.2 Å². The van der Waals surface area contributed by atoms with Crippen molar-refractivity contribution in [3.05, 3.63) is 68.4 Å². The van der Waals surface area contributed by atoms with Gasteiger partial charge in [0, 0.05) is 24.1 Å². The van der Waals surface area contributed by atoms with Gasteiger partial charge in [0.15, 0.2) is 0 Å². The highest BCUT2D eigenvalue weighted by molar-refractivity contribution is 7.21. The fourth-order valence-corrected chi connectivity index (χ4v) is 5.98. The molecule has 5 rings (SSSR count). The predicted octanol–water partition coefficient (Wildman–Crippen LogP) is 2.12. The molecule has 1 saturated heterocycles. The normalized spacial score (nSPS) is 16.0. The molecule has 2 atom stereocenters. The Hall–Kier alpha value is -4.17. The van der Waals surface area contributed by atoms with Gasteiger partial charge in [0.2, 0.25) is 5.91 Å². The maximum absolute atomic E-state index is 14.4. The van der Waals surface area contributed by atoms with Crippen LogP contribution in [0.15, 0.2) is 40.2 Å². The molecule has 1 amide bonds. The molecule has 2 N–H and O–H groups in total. The summed E-state index contributed by atoms with van der Waals surface area (Å²) in [5, 5.41) is 19.2. The first-order valence-corrected chi connectivity index (χ1v) is 13.0. The third-order valence-electron chi connectivity index (χ3n) is 6.62. The summed E-state index contributed by atoms with van der Waals surface area (Å²) >= 11 is 1.16. The number of ether oxygens (including phenoxy) is 2.